The molecular weight excluding hydrogens is 404 g/mol. The number of hydrogen-bond acceptors (Lipinski definition) is 5. The first-order chi connectivity index (χ1) is 13.0. The first kappa shape index (κ1) is 21.0. The minimum atomic E-state index is -3.48. The second-order valence-electron chi connectivity index (χ2n) is 7.26. The van der Waals surface area contributed by atoms with Gasteiger partial charge in [-0.1, -0.05) is 0 Å². The lowest BCUT2D eigenvalue weighted by molar-refractivity contribution is 0.0695. The summed E-state index contributed by atoms with van der Waals surface area (Å²) in [6.45, 7) is 1.58. The Labute approximate surface area is 166 Å². The molecule has 1 amide bonds. The summed E-state index contributed by atoms with van der Waals surface area (Å²) in [6, 6.07) is 5.10. The molecule has 2 heterocycles. The summed E-state index contributed by atoms with van der Waals surface area (Å²) in [6.07, 6.45) is 2.61. The molecule has 1 saturated heterocycles. The van der Waals surface area contributed by atoms with E-state index in [-0.39, 0.29) is 19.0 Å². The van der Waals surface area contributed by atoms with Crippen LogP contribution in [0.2, 0.25) is 0 Å². The molecule has 2 aliphatic heterocycles. The minimum Gasteiger partial charge on any atom is -0.336 e. The van der Waals surface area contributed by atoms with Crippen molar-refractivity contribution in [3.8, 4) is 0 Å². The predicted molar refractivity (Wildman–Crippen MR) is 107 cm³/mol. The smallest absolute Gasteiger partial charge is 0.281 e. The molecule has 1 aromatic carbocycles. The molecule has 11 heteroatoms. The van der Waals surface area contributed by atoms with Gasteiger partial charge in [-0.3, -0.25) is 9.10 Å². The summed E-state index contributed by atoms with van der Waals surface area (Å²) in [5.41, 5.74) is 1.97. The van der Waals surface area contributed by atoms with Gasteiger partial charge in [0.2, 0.25) is 10.0 Å². The standard InChI is InChI=1S/C17H26N4O5S2/c1-18(2)28(25,26)20-11-9-19(10-12-20)17(22)15-6-7-16-14(13-15)5-4-8-21(16)27(3,23)24/h6-7,13H,4-5,8-12H2,1-3H3. The topological polar surface area (TPSA) is 98.3 Å². The number of fused-ring (bicyclic) bond motifs is 1. The number of anilines is 1. The van der Waals surface area contributed by atoms with E-state index in [1.54, 1.807) is 23.1 Å². The molecule has 0 saturated carbocycles. The number of hydrogen-bond donors (Lipinski definition) is 0. The van der Waals surface area contributed by atoms with Gasteiger partial charge in [0.15, 0.2) is 0 Å². The molecule has 0 unspecified atom stereocenters. The van der Waals surface area contributed by atoms with Crippen LogP contribution in [0, 0.1) is 0 Å². The molecular formula is C17H26N4O5S2. The lowest BCUT2D eigenvalue weighted by atomic mass is 10.00. The quantitative estimate of drug-likeness (QED) is 0.668. The Kier molecular flexibility index (Phi) is 5.72. The van der Waals surface area contributed by atoms with Gasteiger partial charge >= 0.3 is 0 Å². The molecule has 0 N–H and O–H groups in total. The van der Waals surface area contributed by atoms with Crippen molar-refractivity contribution in [2.24, 2.45) is 0 Å². The van der Waals surface area contributed by atoms with Gasteiger partial charge in [0, 0.05) is 52.4 Å². The number of nitrogens with zero attached hydrogens (tertiary/aromatic N) is 4. The maximum absolute atomic E-state index is 12.9. The molecule has 0 spiro atoms. The fraction of sp³-hybridized carbons (Fsp3) is 0.588. The number of carbonyl (C=O) groups is 1. The van der Waals surface area contributed by atoms with E-state index in [2.05, 4.69) is 0 Å². The average molecular weight is 431 g/mol. The lowest BCUT2D eigenvalue weighted by Gasteiger charge is -2.35. The molecule has 9 nitrogen and oxygen atoms in total. The van der Waals surface area contributed by atoms with Crippen molar-refractivity contribution in [2.75, 3.05) is 57.4 Å². The molecule has 1 fully saturated rings. The number of amides is 1. The first-order valence-corrected chi connectivity index (χ1v) is 12.3. The maximum Gasteiger partial charge on any atom is 0.281 e. The van der Waals surface area contributed by atoms with Crippen LogP contribution in [-0.4, -0.2) is 89.3 Å². The van der Waals surface area contributed by atoms with Crippen LogP contribution in [0.15, 0.2) is 18.2 Å². The van der Waals surface area contributed by atoms with Crippen molar-refractivity contribution in [1.29, 1.82) is 0 Å². The van der Waals surface area contributed by atoms with E-state index in [0.717, 1.165) is 12.0 Å². The third-order valence-electron chi connectivity index (χ3n) is 5.12. The van der Waals surface area contributed by atoms with Crippen molar-refractivity contribution >= 4 is 31.8 Å². The SMILES string of the molecule is CN(C)S(=O)(=O)N1CCN(C(=O)c2ccc3c(c2)CCCN3S(C)(=O)=O)CC1. The van der Waals surface area contributed by atoms with E-state index in [4.69, 9.17) is 0 Å². The Hall–Kier alpha value is -1.69. The Morgan fingerprint density at radius 3 is 2.21 bits per heavy atom. The number of piperazine rings is 1. The summed E-state index contributed by atoms with van der Waals surface area (Å²) in [5, 5.41) is 0. The van der Waals surface area contributed by atoms with Crippen molar-refractivity contribution in [3.05, 3.63) is 29.3 Å². The van der Waals surface area contributed by atoms with Crippen LogP contribution >= 0.6 is 0 Å². The van der Waals surface area contributed by atoms with Crippen LogP contribution in [0.3, 0.4) is 0 Å². The summed E-state index contributed by atoms with van der Waals surface area (Å²) >= 11 is 0. The van der Waals surface area contributed by atoms with Gasteiger partial charge in [-0.25, -0.2) is 8.42 Å². The number of aryl methyl sites for hydroxylation is 1. The normalized spacial score (nSPS) is 19.0. The van der Waals surface area contributed by atoms with Crippen LogP contribution < -0.4 is 4.31 Å². The third kappa shape index (κ3) is 4.02. The Morgan fingerprint density at radius 1 is 1.00 bits per heavy atom. The zero-order valence-electron chi connectivity index (χ0n) is 16.3. The van der Waals surface area contributed by atoms with Crippen LogP contribution in [0.4, 0.5) is 5.69 Å². The van der Waals surface area contributed by atoms with Gasteiger partial charge in [0.1, 0.15) is 0 Å². The van der Waals surface area contributed by atoms with E-state index in [1.165, 1.54) is 33.3 Å². The van der Waals surface area contributed by atoms with Crippen LogP contribution in [0.25, 0.3) is 0 Å². The lowest BCUT2D eigenvalue weighted by Crippen LogP contribution is -2.53. The Bertz CT molecular complexity index is 967. The largest absolute Gasteiger partial charge is 0.336 e. The van der Waals surface area contributed by atoms with E-state index in [9.17, 15) is 21.6 Å². The molecule has 28 heavy (non-hydrogen) atoms. The molecule has 1 aromatic rings. The highest BCUT2D eigenvalue weighted by atomic mass is 32.2. The molecule has 0 aliphatic carbocycles. The highest BCUT2D eigenvalue weighted by Crippen LogP contribution is 2.30. The van der Waals surface area contributed by atoms with Gasteiger partial charge < -0.3 is 4.90 Å². The Morgan fingerprint density at radius 2 is 1.64 bits per heavy atom. The van der Waals surface area contributed by atoms with Gasteiger partial charge in [-0.05, 0) is 36.6 Å². The van der Waals surface area contributed by atoms with Gasteiger partial charge in [-0.15, -0.1) is 0 Å². The number of rotatable bonds is 4. The summed E-state index contributed by atoms with van der Waals surface area (Å²) < 4.78 is 52.3. The van der Waals surface area contributed by atoms with E-state index < -0.39 is 20.2 Å². The molecule has 0 atom stereocenters. The highest BCUT2D eigenvalue weighted by Gasteiger charge is 2.31. The summed E-state index contributed by atoms with van der Waals surface area (Å²) in [4.78, 5) is 14.5. The van der Waals surface area contributed by atoms with Gasteiger partial charge in [0.25, 0.3) is 16.1 Å². The molecule has 3 rings (SSSR count). The predicted octanol–water partition coefficient (Wildman–Crippen LogP) is -0.0370. The third-order valence-corrected chi connectivity index (χ3v) is 8.24. The fourth-order valence-corrected chi connectivity index (χ4v) is 5.66. The van der Waals surface area contributed by atoms with Crippen molar-refractivity contribution in [2.45, 2.75) is 12.8 Å². The zero-order chi connectivity index (χ0) is 20.7. The minimum absolute atomic E-state index is 0.166. The monoisotopic (exact) mass is 430 g/mol. The van der Waals surface area contributed by atoms with Crippen molar-refractivity contribution in [3.63, 3.8) is 0 Å². The highest BCUT2D eigenvalue weighted by molar-refractivity contribution is 7.92. The summed E-state index contributed by atoms with van der Waals surface area (Å²) in [5.74, 6) is -0.166. The second kappa shape index (κ2) is 7.62. The second-order valence-corrected chi connectivity index (χ2v) is 11.3. The van der Waals surface area contributed by atoms with E-state index >= 15 is 0 Å². The van der Waals surface area contributed by atoms with Crippen molar-refractivity contribution in [1.82, 2.24) is 13.5 Å². The van der Waals surface area contributed by atoms with E-state index in [1.807, 2.05) is 0 Å². The number of benzene rings is 1. The maximum atomic E-state index is 12.9. The molecule has 2 aliphatic rings. The zero-order valence-corrected chi connectivity index (χ0v) is 18.0. The molecule has 156 valence electrons. The van der Waals surface area contributed by atoms with Crippen LogP contribution in [-0.2, 0) is 26.7 Å². The van der Waals surface area contributed by atoms with Crippen LogP contribution in [0.1, 0.15) is 22.3 Å². The first-order valence-electron chi connectivity index (χ1n) is 9.09. The fourth-order valence-electron chi connectivity index (χ4n) is 3.58. The number of sulfonamides is 1. The van der Waals surface area contributed by atoms with Gasteiger partial charge in [0.05, 0.1) is 11.9 Å². The van der Waals surface area contributed by atoms with Crippen molar-refractivity contribution < 1.29 is 21.6 Å². The van der Waals surface area contributed by atoms with E-state index in [0.29, 0.717) is 37.3 Å². The Balaban J connectivity index is 1.75. The summed E-state index contributed by atoms with van der Waals surface area (Å²) in [7, 11) is -3.86. The molecule has 0 bridgehead atoms. The molecule has 0 aromatic heterocycles. The van der Waals surface area contributed by atoms with Crippen LogP contribution in [0.5, 0.6) is 0 Å². The van der Waals surface area contributed by atoms with Gasteiger partial charge in [-0.2, -0.15) is 17.0 Å². The molecule has 0 radical (unpaired) electrons. The number of carbonyl (C=O) groups excluding carboxylic acids is 1. The average Bonchev–Trinajstić information content (AvgIpc) is 2.65.